The van der Waals surface area contributed by atoms with E-state index in [4.69, 9.17) is 0 Å². The van der Waals surface area contributed by atoms with E-state index >= 15 is 0 Å². The molecule has 140 valence electrons. The molecule has 4 bridgehead atoms. The average molecular weight is 411 g/mol. The second kappa shape index (κ2) is 6.86. The van der Waals surface area contributed by atoms with Crippen LogP contribution in [0.1, 0.15) is 70.6 Å². The van der Waals surface area contributed by atoms with Crippen LogP contribution in [-0.2, 0) is 9.59 Å². The third kappa shape index (κ3) is 3.91. The maximum absolute atomic E-state index is 12.5. The van der Waals surface area contributed by atoms with Gasteiger partial charge in [-0.05, 0) is 68.6 Å². The van der Waals surface area contributed by atoms with Gasteiger partial charge in [0.2, 0.25) is 11.8 Å². The summed E-state index contributed by atoms with van der Waals surface area (Å²) in [5, 5.41) is 6.03. The van der Waals surface area contributed by atoms with Crippen LogP contribution in [0.15, 0.2) is 0 Å². The number of carbonyl (C=O) groups is 2. The van der Waals surface area contributed by atoms with Crippen molar-refractivity contribution in [2.24, 2.45) is 23.2 Å². The van der Waals surface area contributed by atoms with Gasteiger partial charge in [0.1, 0.15) is 0 Å². The van der Waals surface area contributed by atoms with Crippen molar-refractivity contribution >= 4 is 27.7 Å². The van der Waals surface area contributed by atoms with Crippen molar-refractivity contribution in [2.75, 3.05) is 13.1 Å². The van der Waals surface area contributed by atoms with Crippen LogP contribution < -0.4 is 10.6 Å². The number of amides is 2. The molecule has 2 atom stereocenters. The summed E-state index contributed by atoms with van der Waals surface area (Å²) < 4.78 is 0.312. The van der Waals surface area contributed by atoms with E-state index in [0.717, 1.165) is 24.7 Å². The van der Waals surface area contributed by atoms with Gasteiger partial charge in [-0.2, -0.15) is 0 Å². The summed E-state index contributed by atoms with van der Waals surface area (Å²) in [5.41, 5.74) is 0.227. The molecule has 0 aromatic heterocycles. The molecule has 2 N–H and O–H groups in total. The maximum Gasteiger partial charge on any atom is 0.223 e. The Hall–Kier alpha value is -0.580. The quantitative estimate of drug-likeness (QED) is 0.519. The van der Waals surface area contributed by atoms with Crippen molar-refractivity contribution in [3.8, 4) is 0 Å². The Balaban J connectivity index is 1.21. The molecule has 0 radical (unpaired) electrons. The third-order valence-corrected chi connectivity index (χ3v) is 8.05. The second-order valence-corrected chi connectivity index (χ2v) is 11.1. The summed E-state index contributed by atoms with van der Waals surface area (Å²) in [7, 11) is 0. The van der Waals surface area contributed by atoms with Gasteiger partial charge in [0.15, 0.2) is 0 Å². The van der Waals surface area contributed by atoms with Gasteiger partial charge in [-0.3, -0.25) is 9.59 Å². The van der Waals surface area contributed by atoms with Crippen LogP contribution in [0, 0.1) is 23.2 Å². The Kier molecular flexibility index (Phi) is 4.89. The fourth-order valence-electron chi connectivity index (χ4n) is 6.67. The van der Waals surface area contributed by atoms with Gasteiger partial charge in [0, 0.05) is 29.8 Å². The molecule has 2 unspecified atom stereocenters. The Morgan fingerprint density at radius 1 is 0.960 bits per heavy atom. The predicted molar refractivity (Wildman–Crippen MR) is 101 cm³/mol. The Morgan fingerprint density at radius 2 is 1.60 bits per heavy atom. The van der Waals surface area contributed by atoms with Crippen molar-refractivity contribution in [1.29, 1.82) is 0 Å². The van der Waals surface area contributed by atoms with Gasteiger partial charge in [0.25, 0.3) is 0 Å². The number of nitrogens with one attached hydrogen (secondary N) is 2. The summed E-state index contributed by atoms with van der Waals surface area (Å²) in [6, 6.07) is 0. The molecular weight excluding hydrogens is 380 g/mol. The van der Waals surface area contributed by atoms with Crippen LogP contribution in [0.2, 0.25) is 0 Å². The van der Waals surface area contributed by atoms with Crippen LogP contribution >= 0.6 is 15.9 Å². The van der Waals surface area contributed by atoms with E-state index in [1.165, 1.54) is 51.4 Å². The minimum atomic E-state index is 0.174. The fraction of sp³-hybridized carbons (Fsp3) is 0.900. The first kappa shape index (κ1) is 17.8. The van der Waals surface area contributed by atoms with Gasteiger partial charge in [0.05, 0.1) is 0 Å². The molecule has 2 amide bonds. The summed E-state index contributed by atoms with van der Waals surface area (Å²) in [6.45, 7) is 1.11. The topological polar surface area (TPSA) is 58.2 Å². The molecule has 5 aliphatic carbocycles. The van der Waals surface area contributed by atoms with Gasteiger partial charge >= 0.3 is 0 Å². The summed E-state index contributed by atoms with van der Waals surface area (Å²) >= 11 is 4.02. The minimum Gasteiger partial charge on any atom is -0.354 e. The van der Waals surface area contributed by atoms with E-state index in [0.29, 0.717) is 23.8 Å². The van der Waals surface area contributed by atoms with E-state index < -0.39 is 0 Å². The third-order valence-electron chi connectivity index (χ3n) is 7.12. The number of hydrogen-bond acceptors (Lipinski definition) is 2. The van der Waals surface area contributed by atoms with Gasteiger partial charge in [-0.25, -0.2) is 0 Å². The lowest BCUT2D eigenvalue weighted by molar-refractivity contribution is -0.129. The van der Waals surface area contributed by atoms with E-state index in [-0.39, 0.29) is 23.1 Å². The highest BCUT2D eigenvalue weighted by atomic mass is 79.9. The standard InChI is InChI=1S/C20H31BrN2O2/c21-20-10-14-7-15(11-20)9-19(8-14,13-20)12-17(24)22-5-6-23-18(25)16-3-1-2-4-16/h14-16H,1-13H2,(H,22,24)(H,23,25). The van der Waals surface area contributed by atoms with E-state index in [1.54, 1.807) is 0 Å². The zero-order chi connectivity index (χ0) is 17.5. The molecule has 25 heavy (non-hydrogen) atoms. The fourth-order valence-corrected chi connectivity index (χ4v) is 8.18. The number of hydrogen-bond donors (Lipinski definition) is 2. The lowest BCUT2D eigenvalue weighted by Gasteiger charge is -2.60. The summed E-state index contributed by atoms with van der Waals surface area (Å²) in [6.07, 6.45) is 12.7. The normalized spacial score (nSPS) is 39.6. The highest BCUT2D eigenvalue weighted by molar-refractivity contribution is 9.10. The van der Waals surface area contributed by atoms with Gasteiger partial charge in [-0.15, -0.1) is 0 Å². The largest absolute Gasteiger partial charge is 0.354 e. The lowest BCUT2D eigenvalue weighted by atomic mass is 9.48. The minimum absolute atomic E-state index is 0.174. The average Bonchev–Trinajstić information content (AvgIpc) is 3.02. The predicted octanol–water partition coefficient (Wildman–Crippen LogP) is 3.53. The maximum atomic E-state index is 12.5. The molecular formula is C20H31BrN2O2. The second-order valence-electron chi connectivity index (χ2n) is 9.41. The number of alkyl halides is 1. The molecule has 0 spiro atoms. The molecule has 5 heteroatoms. The van der Waals surface area contributed by atoms with Crippen LogP contribution in [0.5, 0.6) is 0 Å². The number of rotatable bonds is 6. The molecule has 0 aromatic carbocycles. The van der Waals surface area contributed by atoms with Crippen molar-refractivity contribution in [2.45, 2.75) is 75.0 Å². The number of halogens is 1. The van der Waals surface area contributed by atoms with Gasteiger partial charge in [-0.1, -0.05) is 28.8 Å². The molecule has 5 fully saturated rings. The monoisotopic (exact) mass is 410 g/mol. The first-order chi connectivity index (χ1) is 12.0. The van der Waals surface area contributed by atoms with Crippen molar-refractivity contribution in [3.63, 3.8) is 0 Å². The van der Waals surface area contributed by atoms with Crippen LogP contribution in [-0.4, -0.2) is 29.2 Å². The molecule has 0 aromatic rings. The molecule has 5 saturated carbocycles. The van der Waals surface area contributed by atoms with E-state index in [9.17, 15) is 9.59 Å². The molecule has 0 heterocycles. The van der Waals surface area contributed by atoms with Crippen LogP contribution in [0.25, 0.3) is 0 Å². The zero-order valence-corrected chi connectivity index (χ0v) is 16.7. The summed E-state index contributed by atoms with van der Waals surface area (Å²) in [4.78, 5) is 24.5. The Bertz CT molecular complexity index is 530. The Labute approximate surface area is 159 Å². The van der Waals surface area contributed by atoms with Crippen molar-refractivity contribution < 1.29 is 9.59 Å². The number of carbonyl (C=O) groups excluding carboxylic acids is 2. The van der Waals surface area contributed by atoms with Gasteiger partial charge < -0.3 is 10.6 Å². The first-order valence-electron chi connectivity index (χ1n) is 10.2. The Morgan fingerprint density at radius 3 is 2.24 bits per heavy atom. The van der Waals surface area contributed by atoms with E-state index in [1.807, 2.05) is 0 Å². The molecule has 5 rings (SSSR count). The smallest absolute Gasteiger partial charge is 0.223 e. The molecule has 0 saturated heterocycles. The van der Waals surface area contributed by atoms with Crippen molar-refractivity contribution in [3.05, 3.63) is 0 Å². The van der Waals surface area contributed by atoms with Crippen LogP contribution in [0.3, 0.4) is 0 Å². The lowest BCUT2D eigenvalue weighted by Crippen LogP contribution is -2.54. The molecule has 4 nitrogen and oxygen atoms in total. The highest BCUT2D eigenvalue weighted by Crippen LogP contribution is 2.65. The van der Waals surface area contributed by atoms with E-state index in [2.05, 4.69) is 26.6 Å². The molecule has 5 aliphatic rings. The highest BCUT2D eigenvalue weighted by Gasteiger charge is 2.57. The molecule has 0 aliphatic heterocycles. The van der Waals surface area contributed by atoms with Crippen molar-refractivity contribution in [1.82, 2.24) is 10.6 Å². The first-order valence-corrected chi connectivity index (χ1v) is 11.0. The SMILES string of the molecule is O=C(CC12CC3CC(CC(Br)(C3)C1)C2)NCCNC(=O)C1CCCC1. The van der Waals surface area contributed by atoms with Crippen LogP contribution in [0.4, 0.5) is 0 Å². The zero-order valence-electron chi connectivity index (χ0n) is 15.1. The summed E-state index contributed by atoms with van der Waals surface area (Å²) in [5.74, 6) is 2.19.